The number of rotatable bonds is 4. The molecule has 1 aromatic carbocycles. The van der Waals surface area contributed by atoms with E-state index in [-0.39, 0.29) is 11.9 Å². The van der Waals surface area contributed by atoms with Gasteiger partial charge in [0, 0.05) is 42.7 Å². The van der Waals surface area contributed by atoms with Crippen molar-refractivity contribution >= 4 is 5.91 Å². The lowest BCUT2D eigenvalue weighted by Gasteiger charge is -2.24. The molecular formula is C20H23N5O. The number of amides is 1. The summed E-state index contributed by atoms with van der Waals surface area (Å²) < 4.78 is 4.04. The number of nitrogens with one attached hydrogen (secondary N) is 1. The smallest absolute Gasteiger partial charge is 0.224 e. The van der Waals surface area contributed by atoms with Crippen LogP contribution in [-0.4, -0.2) is 31.3 Å². The summed E-state index contributed by atoms with van der Waals surface area (Å²) in [6.07, 6.45) is 6.00. The van der Waals surface area contributed by atoms with Gasteiger partial charge < -0.3 is 9.88 Å². The van der Waals surface area contributed by atoms with Crippen molar-refractivity contribution in [3.63, 3.8) is 0 Å². The average Bonchev–Trinajstić information content (AvgIpc) is 3.21. The maximum atomic E-state index is 12.6. The summed E-state index contributed by atoms with van der Waals surface area (Å²) in [4.78, 5) is 16.9. The monoisotopic (exact) mass is 349 g/mol. The molecule has 0 fully saturated rings. The lowest BCUT2D eigenvalue weighted by atomic mass is 10.1. The third-order valence-corrected chi connectivity index (χ3v) is 5.08. The Kier molecular flexibility index (Phi) is 4.32. The van der Waals surface area contributed by atoms with Crippen LogP contribution >= 0.6 is 0 Å². The van der Waals surface area contributed by atoms with Crippen LogP contribution in [0.5, 0.6) is 0 Å². The van der Waals surface area contributed by atoms with Crippen LogP contribution in [-0.2, 0) is 24.2 Å². The van der Waals surface area contributed by atoms with E-state index in [1.54, 1.807) is 0 Å². The maximum Gasteiger partial charge on any atom is 0.224 e. The Morgan fingerprint density at radius 2 is 2.08 bits per heavy atom. The fourth-order valence-corrected chi connectivity index (χ4v) is 3.67. The Morgan fingerprint density at radius 3 is 2.88 bits per heavy atom. The number of nitrogens with zero attached hydrogens (tertiary/aromatic N) is 4. The number of aromatic nitrogens is 4. The predicted molar refractivity (Wildman–Crippen MR) is 99.2 cm³/mol. The van der Waals surface area contributed by atoms with E-state index in [0.29, 0.717) is 6.42 Å². The van der Waals surface area contributed by atoms with Crippen molar-refractivity contribution in [2.24, 2.45) is 0 Å². The predicted octanol–water partition coefficient (Wildman–Crippen LogP) is 2.36. The van der Waals surface area contributed by atoms with Crippen molar-refractivity contribution < 1.29 is 4.79 Å². The first kappa shape index (κ1) is 16.6. The van der Waals surface area contributed by atoms with E-state index in [9.17, 15) is 4.79 Å². The Bertz CT molecular complexity index is 925. The largest absolute Gasteiger partial charge is 0.351 e. The van der Waals surface area contributed by atoms with Gasteiger partial charge >= 0.3 is 0 Å². The van der Waals surface area contributed by atoms with E-state index in [4.69, 9.17) is 0 Å². The molecule has 26 heavy (non-hydrogen) atoms. The SMILES string of the molecule is Cc1nn(-c2ccccc2)c(C)c1CC(=O)NC1CCc2nccn2C1. The molecule has 0 saturated heterocycles. The molecule has 6 nitrogen and oxygen atoms in total. The number of imidazole rings is 1. The Hall–Kier alpha value is -2.89. The van der Waals surface area contributed by atoms with E-state index in [1.165, 1.54) is 0 Å². The molecule has 0 spiro atoms. The summed E-state index contributed by atoms with van der Waals surface area (Å²) in [5.41, 5.74) is 3.94. The van der Waals surface area contributed by atoms with Gasteiger partial charge in [-0.15, -0.1) is 0 Å². The quantitative estimate of drug-likeness (QED) is 0.786. The van der Waals surface area contributed by atoms with Gasteiger partial charge in [0.2, 0.25) is 5.91 Å². The number of hydrogen-bond donors (Lipinski definition) is 1. The molecular weight excluding hydrogens is 326 g/mol. The van der Waals surface area contributed by atoms with Crippen molar-refractivity contribution in [2.75, 3.05) is 0 Å². The average molecular weight is 349 g/mol. The molecule has 0 radical (unpaired) electrons. The number of aryl methyl sites for hydroxylation is 2. The van der Waals surface area contributed by atoms with Gasteiger partial charge in [0.1, 0.15) is 5.82 Å². The fourth-order valence-electron chi connectivity index (χ4n) is 3.67. The normalized spacial score (nSPS) is 16.3. The van der Waals surface area contributed by atoms with Crippen LogP contribution in [0.15, 0.2) is 42.7 Å². The van der Waals surface area contributed by atoms with Gasteiger partial charge in [-0.05, 0) is 32.4 Å². The lowest BCUT2D eigenvalue weighted by molar-refractivity contribution is -0.121. The van der Waals surface area contributed by atoms with Crippen molar-refractivity contribution in [3.05, 3.63) is 65.5 Å². The molecule has 4 rings (SSSR count). The topological polar surface area (TPSA) is 64.7 Å². The second-order valence-corrected chi connectivity index (χ2v) is 6.87. The fraction of sp³-hybridized carbons (Fsp3) is 0.350. The number of benzene rings is 1. The van der Waals surface area contributed by atoms with Crippen LogP contribution in [0, 0.1) is 13.8 Å². The highest BCUT2D eigenvalue weighted by Crippen LogP contribution is 2.19. The van der Waals surface area contributed by atoms with Crippen molar-refractivity contribution in [1.82, 2.24) is 24.6 Å². The first-order chi connectivity index (χ1) is 12.6. The molecule has 0 aliphatic carbocycles. The van der Waals surface area contributed by atoms with Crippen LogP contribution < -0.4 is 5.32 Å². The number of carbonyl (C=O) groups excluding carboxylic acids is 1. The van der Waals surface area contributed by atoms with Gasteiger partial charge in [-0.1, -0.05) is 18.2 Å². The summed E-state index contributed by atoms with van der Waals surface area (Å²) in [5.74, 6) is 1.16. The van der Waals surface area contributed by atoms with Gasteiger partial charge in [0.25, 0.3) is 0 Å². The molecule has 1 unspecified atom stereocenters. The zero-order valence-corrected chi connectivity index (χ0v) is 15.1. The molecule has 1 N–H and O–H groups in total. The van der Waals surface area contributed by atoms with Crippen LogP contribution in [0.4, 0.5) is 0 Å². The summed E-state index contributed by atoms with van der Waals surface area (Å²) in [6.45, 7) is 4.78. The maximum absolute atomic E-state index is 12.6. The number of carbonyl (C=O) groups is 1. The van der Waals surface area contributed by atoms with Gasteiger partial charge in [-0.3, -0.25) is 4.79 Å². The van der Waals surface area contributed by atoms with Gasteiger partial charge in [-0.2, -0.15) is 5.10 Å². The third-order valence-electron chi connectivity index (χ3n) is 5.08. The van der Waals surface area contributed by atoms with Gasteiger partial charge in [0.15, 0.2) is 0 Å². The van der Waals surface area contributed by atoms with Crippen molar-refractivity contribution in [1.29, 1.82) is 0 Å². The van der Waals surface area contributed by atoms with E-state index in [0.717, 1.165) is 47.8 Å². The number of fused-ring (bicyclic) bond motifs is 1. The Morgan fingerprint density at radius 1 is 1.27 bits per heavy atom. The minimum atomic E-state index is 0.0531. The number of para-hydroxylation sites is 1. The lowest BCUT2D eigenvalue weighted by Crippen LogP contribution is -2.41. The summed E-state index contributed by atoms with van der Waals surface area (Å²) in [5, 5.41) is 7.80. The molecule has 0 saturated carbocycles. The van der Waals surface area contributed by atoms with Crippen molar-refractivity contribution in [2.45, 2.75) is 45.7 Å². The second-order valence-electron chi connectivity index (χ2n) is 6.87. The zero-order chi connectivity index (χ0) is 18.1. The van der Waals surface area contributed by atoms with Crippen LogP contribution in [0.3, 0.4) is 0 Å². The highest BCUT2D eigenvalue weighted by Gasteiger charge is 2.22. The van der Waals surface area contributed by atoms with Crippen LogP contribution in [0.1, 0.15) is 29.2 Å². The van der Waals surface area contributed by atoms with E-state index in [2.05, 4.69) is 20.0 Å². The third kappa shape index (κ3) is 3.14. The Labute approximate surface area is 152 Å². The Balaban J connectivity index is 1.46. The highest BCUT2D eigenvalue weighted by molar-refractivity contribution is 5.79. The van der Waals surface area contributed by atoms with Crippen LogP contribution in [0.25, 0.3) is 5.69 Å². The molecule has 134 valence electrons. The molecule has 2 aromatic heterocycles. The summed E-state index contributed by atoms with van der Waals surface area (Å²) >= 11 is 0. The molecule has 0 bridgehead atoms. The molecule has 1 atom stereocenters. The number of hydrogen-bond acceptors (Lipinski definition) is 3. The minimum absolute atomic E-state index is 0.0531. The first-order valence-electron chi connectivity index (χ1n) is 9.01. The van der Waals surface area contributed by atoms with E-state index in [1.807, 2.05) is 61.3 Å². The molecule has 1 aliphatic rings. The molecule has 6 heteroatoms. The van der Waals surface area contributed by atoms with Gasteiger partial charge in [-0.25, -0.2) is 9.67 Å². The van der Waals surface area contributed by atoms with Gasteiger partial charge in [0.05, 0.1) is 17.8 Å². The van der Waals surface area contributed by atoms with E-state index >= 15 is 0 Å². The van der Waals surface area contributed by atoms with Crippen molar-refractivity contribution in [3.8, 4) is 5.69 Å². The highest BCUT2D eigenvalue weighted by atomic mass is 16.1. The molecule has 1 amide bonds. The van der Waals surface area contributed by atoms with Crippen LogP contribution in [0.2, 0.25) is 0 Å². The van der Waals surface area contributed by atoms with E-state index < -0.39 is 0 Å². The first-order valence-corrected chi connectivity index (χ1v) is 9.01. The molecule has 3 aromatic rings. The second kappa shape index (κ2) is 6.78. The molecule has 1 aliphatic heterocycles. The minimum Gasteiger partial charge on any atom is -0.351 e. The molecule has 3 heterocycles. The summed E-state index contributed by atoms with van der Waals surface area (Å²) in [6, 6.07) is 10.2. The zero-order valence-electron chi connectivity index (χ0n) is 15.1. The standard InChI is InChI=1S/C20H23N5O/c1-14-18(15(2)25(23-14)17-6-4-3-5-7-17)12-20(26)22-16-8-9-19-21-10-11-24(19)13-16/h3-7,10-11,16H,8-9,12-13H2,1-2H3,(H,22,26). The summed E-state index contributed by atoms with van der Waals surface area (Å²) in [7, 11) is 0.